The van der Waals surface area contributed by atoms with Crippen molar-refractivity contribution in [1.29, 1.82) is 0 Å². The summed E-state index contributed by atoms with van der Waals surface area (Å²) in [5, 5.41) is 8.21. The molecule has 6 heteroatoms. The third kappa shape index (κ3) is 3.68. The molecule has 1 aliphatic heterocycles. The monoisotopic (exact) mass is 389 g/mol. The summed E-state index contributed by atoms with van der Waals surface area (Å²) in [4.78, 5) is 7.25. The molecular weight excluding hydrogens is 365 g/mol. The SMILES string of the molecule is Fc1ccc(-c2ncn(CCCN3CCCC3)c2-c2ccc3[nH]ncc3c2)cc1. The third-order valence-corrected chi connectivity index (χ3v) is 5.74. The molecule has 0 unspecified atom stereocenters. The quantitative estimate of drug-likeness (QED) is 0.519. The van der Waals surface area contributed by atoms with Crippen molar-refractivity contribution in [2.45, 2.75) is 25.8 Å². The number of hydrogen-bond acceptors (Lipinski definition) is 3. The van der Waals surface area contributed by atoms with E-state index in [1.165, 1.54) is 38.1 Å². The zero-order valence-corrected chi connectivity index (χ0v) is 16.3. The van der Waals surface area contributed by atoms with Crippen LogP contribution in [-0.4, -0.2) is 44.3 Å². The molecule has 0 amide bonds. The van der Waals surface area contributed by atoms with Crippen molar-refractivity contribution in [3.8, 4) is 22.5 Å². The molecule has 3 heterocycles. The highest BCUT2D eigenvalue weighted by molar-refractivity contribution is 5.87. The smallest absolute Gasteiger partial charge is 0.123 e. The Morgan fingerprint density at radius 2 is 1.76 bits per heavy atom. The van der Waals surface area contributed by atoms with Crippen LogP contribution in [0.15, 0.2) is 55.0 Å². The van der Waals surface area contributed by atoms with Crippen molar-refractivity contribution >= 4 is 10.9 Å². The minimum Gasteiger partial charge on any atom is -0.330 e. The van der Waals surface area contributed by atoms with Crippen molar-refractivity contribution in [1.82, 2.24) is 24.6 Å². The van der Waals surface area contributed by atoms with Crippen LogP contribution in [0.4, 0.5) is 4.39 Å². The minimum absolute atomic E-state index is 0.236. The number of aryl methyl sites for hydroxylation is 1. The van der Waals surface area contributed by atoms with Gasteiger partial charge in [0.05, 0.1) is 29.4 Å². The number of likely N-dealkylation sites (tertiary alicyclic amines) is 1. The summed E-state index contributed by atoms with van der Waals surface area (Å²) in [6, 6.07) is 12.9. The number of hydrogen-bond donors (Lipinski definition) is 1. The summed E-state index contributed by atoms with van der Waals surface area (Å²) >= 11 is 0. The minimum atomic E-state index is -0.236. The molecule has 1 fully saturated rings. The maximum absolute atomic E-state index is 13.4. The van der Waals surface area contributed by atoms with Gasteiger partial charge in [0.1, 0.15) is 5.82 Å². The molecule has 29 heavy (non-hydrogen) atoms. The van der Waals surface area contributed by atoms with E-state index in [4.69, 9.17) is 4.98 Å². The van der Waals surface area contributed by atoms with Crippen LogP contribution in [0.25, 0.3) is 33.4 Å². The molecule has 0 bridgehead atoms. The second-order valence-electron chi connectivity index (χ2n) is 7.72. The first-order chi connectivity index (χ1) is 14.3. The standard InChI is InChI=1S/C23H24FN5/c24-20-7-4-17(5-8-20)22-23(18-6-9-21-19(14-18)15-26-27-21)29(16-25-22)13-3-12-28-10-1-2-11-28/h4-9,14-16H,1-3,10-13H2,(H,26,27). The highest BCUT2D eigenvalue weighted by Crippen LogP contribution is 2.33. The summed E-state index contributed by atoms with van der Waals surface area (Å²) < 4.78 is 15.7. The van der Waals surface area contributed by atoms with Gasteiger partial charge in [-0.05, 0) is 75.3 Å². The van der Waals surface area contributed by atoms with E-state index in [1.54, 1.807) is 12.1 Å². The van der Waals surface area contributed by atoms with Gasteiger partial charge in [0.2, 0.25) is 0 Å². The van der Waals surface area contributed by atoms with Gasteiger partial charge in [0.15, 0.2) is 0 Å². The Morgan fingerprint density at radius 1 is 0.966 bits per heavy atom. The predicted octanol–water partition coefficient (Wildman–Crippen LogP) is 4.72. The number of imidazole rings is 1. The van der Waals surface area contributed by atoms with Crippen LogP contribution in [0.2, 0.25) is 0 Å². The number of halogens is 1. The Morgan fingerprint density at radius 3 is 2.59 bits per heavy atom. The zero-order chi connectivity index (χ0) is 19.6. The number of rotatable bonds is 6. The fraction of sp³-hybridized carbons (Fsp3) is 0.304. The van der Waals surface area contributed by atoms with Crippen molar-refractivity contribution in [3.05, 3.63) is 60.8 Å². The van der Waals surface area contributed by atoms with E-state index < -0.39 is 0 Å². The van der Waals surface area contributed by atoms with Gasteiger partial charge < -0.3 is 9.47 Å². The third-order valence-electron chi connectivity index (χ3n) is 5.74. The van der Waals surface area contributed by atoms with Crippen LogP contribution < -0.4 is 0 Å². The summed E-state index contributed by atoms with van der Waals surface area (Å²) in [5.74, 6) is -0.236. The van der Waals surface area contributed by atoms with E-state index in [9.17, 15) is 4.39 Å². The van der Waals surface area contributed by atoms with E-state index in [2.05, 4.69) is 31.8 Å². The number of benzene rings is 2. The number of aromatic nitrogens is 4. The molecule has 0 atom stereocenters. The van der Waals surface area contributed by atoms with Crippen LogP contribution in [0.3, 0.4) is 0 Å². The Balaban J connectivity index is 1.50. The number of fused-ring (bicyclic) bond motifs is 1. The molecule has 2 aromatic carbocycles. The maximum atomic E-state index is 13.4. The van der Waals surface area contributed by atoms with Crippen LogP contribution in [0.5, 0.6) is 0 Å². The topological polar surface area (TPSA) is 49.7 Å². The lowest BCUT2D eigenvalue weighted by Crippen LogP contribution is -2.21. The molecule has 0 aliphatic carbocycles. The number of aromatic amines is 1. The average Bonchev–Trinajstić information content (AvgIpc) is 3.49. The van der Waals surface area contributed by atoms with E-state index in [-0.39, 0.29) is 5.82 Å². The highest BCUT2D eigenvalue weighted by Gasteiger charge is 2.17. The van der Waals surface area contributed by atoms with Crippen molar-refractivity contribution in [2.75, 3.05) is 19.6 Å². The van der Waals surface area contributed by atoms with Crippen molar-refractivity contribution < 1.29 is 4.39 Å². The van der Waals surface area contributed by atoms with Gasteiger partial charge in [-0.25, -0.2) is 9.37 Å². The van der Waals surface area contributed by atoms with E-state index >= 15 is 0 Å². The van der Waals surface area contributed by atoms with Gasteiger partial charge in [-0.1, -0.05) is 6.07 Å². The van der Waals surface area contributed by atoms with E-state index in [0.29, 0.717) is 0 Å². The van der Waals surface area contributed by atoms with Crippen LogP contribution in [0, 0.1) is 5.82 Å². The Bertz CT molecular complexity index is 1110. The molecular formula is C23H24FN5. The van der Waals surface area contributed by atoms with Crippen LogP contribution in [-0.2, 0) is 6.54 Å². The van der Waals surface area contributed by atoms with Crippen molar-refractivity contribution in [3.63, 3.8) is 0 Å². The zero-order valence-electron chi connectivity index (χ0n) is 16.3. The molecule has 1 aliphatic rings. The molecule has 0 radical (unpaired) electrons. The van der Waals surface area contributed by atoms with Gasteiger partial charge in [-0.2, -0.15) is 5.10 Å². The number of nitrogens with one attached hydrogen (secondary N) is 1. The highest BCUT2D eigenvalue weighted by atomic mass is 19.1. The normalized spacial score (nSPS) is 14.8. The first kappa shape index (κ1) is 18.1. The van der Waals surface area contributed by atoms with Crippen molar-refractivity contribution in [2.24, 2.45) is 0 Å². The molecule has 0 saturated carbocycles. The predicted molar refractivity (Wildman–Crippen MR) is 113 cm³/mol. The second kappa shape index (κ2) is 7.79. The largest absolute Gasteiger partial charge is 0.330 e. The summed E-state index contributed by atoms with van der Waals surface area (Å²) in [5.41, 5.74) is 4.98. The first-order valence-corrected chi connectivity index (χ1v) is 10.2. The summed E-state index contributed by atoms with van der Waals surface area (Å²) in [6.07, 6.45) is 7.47. The fourth-order valence-corrected chi connectivity index (χ4v) is 4.23. The second-order valence-corrected chi connectivity index (χ2v) is 7.72. The molecule has 4 aromatic rings. The van der Waals surface area contributed by atoms with Crippen LogP contribution in [0.1, 0.15) is 19.3 Å². The van der Waals surface area contributed by atoms with Gasteiger partial charge in [-0.3, -0.25) is 5.10 Å². The molecule has 2 aromatic heterocycles. The lowest BCUT2D eigenvalue weighted by atomic mass is 10.0. The van der Waals surface area contributed by atoms with Gasteiger partial charge in [0.25, 0.3) is 0 Å². The molecule has 0 spiro atoms. The Hall–Kier alpha value is -2.99. The van der Waals surface area contributed by atoms with Crippen LogP contribution >= 0.6 is 0 Å². The number of nitrogens with zero attached hydrogens (tertiary/aromatic N) is 4. The fourth-order valence-electron chi connectivity index (χ4n) is 4.23. The lowest BCUT2D eigenvalue weighted by Gasteiger charge is -2.16. The van der Waals surface area contributed by atoms with Gasteiger partial charge in [0, 0.05) is 23.1 Å². The van der Waals surface area contributed by atoms with E-state index in [1.807, 2.05) is 18.6 Å². The molecule has 1 N–H and O–H groups in total. The lowest BCUT2D eigenvalue weighted by molar-refractivity contribution is 0.325. The Kier molecular flexibility index (Phi) is 4.86. The van der Waals surface area contributed by atoms with E-state index in [0.717, 1.165) is 52.9 Å². The number of H-pyrrole nitrogens is 1. The Labute approximate surface area is 169 Å². The molecule has 148 valence electrons. The maximum Gasteiger partial charge on any atom is 0.123 e. The summed E-state index contributed by atoms with van der Waals surface area (Å²) in [7, 11) is 0. The first-order valence-electron chi connectivity index (χ1n) is 10.2. The van der Waals surface area contributed by atoms with Gasteiger partial charge in [-0.15, -0.1) is 0 Å². The molecule has 1 saturated heterocycles. The van der Waals surface area contributed by atoms with Gasteiger partial charge >= 0.3 is 0 Å². The molecule has 5 rings (SSSR count). The average molecular weight is 389 g/mol. The summed E-state index contributed by atoms with van der Waals surface area (Å²) in [6.45, 7) is 4.46. The molecule has 5 nitrogen and oxygen atoms in total.